The summed E-state index contributed by atoms with van der Waals surface area (Å²) in [5, 5.41) is 9.05. The van der Waals surface area contributed by atoms with Gasteiger partial charge in [-0.05, 0) is 42.5 Å². The second kappa shape index (κ2) is 6.11. The first-order chi connectivity index (χ1) is 12.1. The van der Waals surface area contributed by atoms with Crippen LogP contribution in [0.3, 0.4) is 0 Å². The van der Waals surface area contributed by atoms with Crippen LogP contribution < -0.4 is 5.32 Å². The Balaban J connectivity index is 1.60. The summed E-state index contributed by atoms with van der Waals surface area (Å²) in [5.74, 6) is -0.204. The van der Waals surface area contributed by atoms with Crippen molar-refractivity contribution in [3.05, 3.63) is 71.5 Å². The highest BCUT2D eigenvalue weighted by Crippen LogP contribution is 2.22. The van der Waals surface area contributed by atoms with E-state index in [0.717, 1.165) is 27.8 Å². The van der Waals surface area contributed by atoms with Crippen LogP contribution in [0.15, 0.2) is 60.8 Å². The van der Waals surface area contributed by atoms with Crippen LogP contribution >= 0.6 is 11.6 Å². The summed E-state index contributed by atoms with van der Waals surface area (Å²) in [6.45, 7) is 0. The lowest BCUT2D eigenvalue weighted by molar-refractivity contribution is 0.101. The lowest BCUT2D eigenvalue weighted by Crippen LogP contribution is -2.15. The molecule has 6 heteroatoms. The van der Waals surface area contributed by atoms with Gasteiger partial charge in [0.15, 0.2) is 0 Å². The maximum Gasteiger partial charge on any atom is 0.273 e. The van der Waals surface area contributed by atoms with Gasteiger partial charge in [0, 0.05) is 40.4 Å². The number of nitrogens with one attached hydrogen (secondary N) is 2. The molecular weight excluding hydrogens is 336 g/mol. The Morgan fingerprint density at radius 3 is 2.72 bits per heavy atom. The molecule has 4 aromatic rings. The highest BCUT2D eigenvalue weighted by atomic mass is 35.5. The van der Waals surface area contributed by atoms with E-state index in [2.05, 4.69) is 15.4 Å². The number of aromatic nitrogens is 3. The summed E-state index contributed by atoms with van der Waals surface area (Å²) in [4.78, 5) is 15.7. The average Bonchev–Trinajstić information content (AvgIpc) is 3.21. The summed E-state index contributed by atoms with van der Waals surface area (Å²) in [6.07, 6.45) is 1.87. The Labute approximate surface area is 149 Å². The van der Waals surface area contributed by atoms with Crippen LogP contribution in [-0.4, -0.2) is 20.7 Å². The number of nitrogens with zero attached hydrogens (tertiary/aromatic N) is 2. The van der Waals surface area contributed by atoms with Crippen molar-refractivity contribution < 1.29 is 4.79 Å². The van der Waals surface area contributed by atoms with Crippen molar-refractivity contribution in [3.8, 4) is 11.3 Å². The number of anilines is 1. The third-order valence-electron chi connectivity index (χ3n) is 4.06. The fourth-order valence-electron chi connectivity index (χ4n) is 2.77. The smallest absolute Gasteiger partial charge is 0.273 e. The second-order valence-electron chi connectivity index (χ2n) is 5.78. The number of fused-ring (bicyclic) bond motifs is 1. The first kappa shape index (κ1) is 15.5. The van der Waals surface area contributed by atoms with Crippen LogP contribution in [0.4, 0.5) is 5.69 Å². The molecule has 0 fully saturated rings. The SMILES string of the molecule is Cn1nc(-c2ccc(Cl)cc2)cc1C(=O)Nc1ccc2[nH]ccc2c1. The van der Waals surface area contributed by atoms with Gasteiger partial charge in [0.05, 0.1) is 5.69 Å². The number of halogens is 1. The number of hydrogen-bond acceptors (Lipinski definition) is 2. The third kappa shape index (κ3) is 3.02. The van der Waals surface area contributed by atoms with E-state index in [9.17, 15) is 4.79 Å². The number of H-pyrrole nitrogens is 1. The van der Waals surface area contributed by atoms with Crippen molar-refractivity contribution in [3.63, 3.8) is 0 Å². The molecule has 0 aliphatic heterocycles. The summed E-state index contributed by atoms with van der Waals surface area (Å²) in [7, 11) is 1.75. The molecule has 4 rings (SSSR count). The van der Waals surface area contributed by atoms with Crippen LogP contribution in [0.2, 0.25) is 5.02 Å². The van der Waals surface area contributed by atoms with E-state index in [1.165, 1.54) is 0 Å². The summed E-state index contributed by atoms with van der Waals surface area (Å²) < 4.78 is 1.58. The topological polar surface area (TPSA) is 62.7 Å². The van der Waals surface area contributed by atoms with E-state index in [-0.39, 0.29) is 5.91 Å². The molecule has 0 saturated heterocycles. The van der Waals surface area contributed by atoms with E-state index in [0.29, 0.717) is 10.7 Å². The molecule has 2 heterocycles. The molecule has 0 saturated carbocycles. The van der Waals surface area contributed by atoms with Gasteiger partial charge in [0.25, 0.3) is 5.91 Å². The fourth-order valence-corrected chi connectivity index (χ4v) is 2.89. The Morgan fingerprint density at radius 2 is 1.92 bits per heavy atom. The van der Waals surface area contributed by atoms with Gasteiger partial charge in [0.1, 0.15) is 5.69 Å². The largest absolute Gasteiger partial charge is 0.361 e. The molecule has 0 spiro atoms. The van der Waals surface area contributed by atoms with Crippen LogP contribution in [0.5, 0.6) is 0 Å². The van der Waals surface area contributed by atoms with Gasteiger partial charge in [0.2, 0.25) is 0 Å². The number of benzene rings is 2. The van der Waals surface area contributed by atoms with Crippen LogP contribution in [0, 0.1) is 0 Å². The Kier molecular flexibility index (Phi) is 3.78. The molecule has 2 aromatic carbocycles. The second-order valence-corrected chi connectivity index (χ2v) is 6.22. The van der Waals surface area contributed by atoms with Crippen molar-refractivity contribution in [2.45, 2.75) is 0 Å². The molecule has 0 aliphatic carbocycles. The fraction of sp³-hybridized carbons (Fsp3) is 0.0526. The zero-order valence-corrected chi connectivity index (χ0v) is 14.2. The first-order valence-corrected chi connectivity index (χ1v) is 8.16. The molecule has 5 nitrogen and oxygen atoms in total. The molecule has 2 aromatic heterocycles. The van der Waals surface area contributed by atoms with Gasteiger partial charge in [-0.15, -0.1) is 0 Å². The molecule has 2 N–H and O–H groups in total. The maximum atomic E-state index is 12.6. The minimum Gasteiger partial charge on any atom is -0.361 e. The number of aryl methyl sites for hydroxylation is 1. The monoisotopic (exact) mass is 350 g/mol. The molecule has 1 amide bonds. The summed E-state index contributed by atoms with van der Waals surface area (Å²) >= 11 is 5.92. The number of aromatic amines is 1. The van der Waals surface area contributed by atoms with Gasteiger partial charge >= 0.3 is 0 Å². The quantitative estimate of drug-likeness (QED) is 0.572. The van der Waals surface area contributed by atoms with E-state index in [1.807, 2.05) is 42.6 Å². The van der Waals surface area contributed by atoms with E-state index >= 15 is 0 Å². The lowest BCUT2D eigenvalue weighted by atomic mass is 10.1. The summed E-state index contributed by atoms with van der Waals surface area (Å²) in [6, 6.07) is 16.8. The zero-order valence-electron chi connectivity index (χ0n) is 13.5. The van der Waals surface area contributed by atoms with Crippen molar-refractivity contribution in [2.75, 3.05) is 5.32 Å². The number of amides is 1. The highest BCUT2D eigenvalue weighted by molar-refractivity contribution is 6.30. The van der Waals surface area contributed by atoms with Gasteiger partial charge in [-0.2, -0.15) is 5.10 Å². The maximum absolute atomic E-state index is 12.6. The summed E-state index contributed by atoms with van der Waals surface area (Å²) in [5.41, 5.74) is 3.90. The van der Waals surface area contributed by atoms with Crippen LogP contribution in [-0.2, 0) is 7.05 Å². The van der Waals surface area contributed by atoms with Gasteiger partial charge < -0.3 is 10.3 Å². The molecule has 25 heavy (non-hydrogen) atoms. The van der Waals surface area contributed by atoms with Crippen molar-refractivity contribution >= 4 is 34.1 Å². The third-order valence-corrected chi connectivity index (χ3v) is 4.32. The van der Waals surface area contributed by atoms with Crippen LogP contribution in [0.25, 0.3) is 22.2 Å². The Hall–Kier alpha value is -3.05. The number of hydrogen-bond donors (Lipinski definition) is 2. The minimum absolute atomic E-state index is 0.204. The average molecular weight is 351 g/mol. The van der Waals surface area contributed by atoms with Gasteiger partial charge in [-0.25, -0.2) is 0 Å². The Morgan fingerprint density at radius 1 is 1.12 bits per heavy atom. The van der Waals surface area contributed by atoms with Gasteiger partial charge in [-0.1, -0.05) is 23.7 Å². The Bertz CT molecular complexity index is 1060. The van der Waals surface area contributed by atoms with Crippen molar-refractivity contribution in [1.29, 1.82) is 0 Å². The van der Waals surface area contributed by atoms with E-state index in [4.69, 9.17) is 11.6 Å². The first-order valence-electron chi connectivity index (χ1n) is 7.78. The van der Waals surface area contributed by atoms with E-state index < -0.39 is 0 Å². The highest BCUT2D eigenvalue weighted by Gasteiger charge is 2.15. The van der Waals surface area contributed by atoms with Crippen LogP contribution in [0.1, 0.15) is 10.5 Å². The molecule has 0 atom stereocenters. The standard InChI is InChI=1S/C19H15ClN4O/c1-24-18(11-17(23-24)12-2-4-14(20)5-3-12)19(25)22-15-6-7-16-13(10-15)8-9-21-16/h2-11,21H,1H3,(H,22,25). The molecule has 0 radical (unpaired) electrons. The van der Waals surface area contributed by atoms with E-state index in [1.54, 1.807) is 29.9 Å². The number of carbonyl (C=O) groups is 1. The molecule has 0 aliphatic rings. The van der Waals surface area contributed by atoms with Crippen molar-refractivity contribution in [2.24, 2.45) is 7.05 Å². The minimum atomic E-state index is -0.204. The molecule has 124 valence electrons. The zero-order chi connectivity index (χ0) is 17.4. The number of carbonyl (C=O) groups excluding carboxylic acids is 1. The predicted molar refractivity (Wildman–Crippen MR) is 99.9 cm³/mol. The van der Waals surface area contributed by atoms with Gasteiger partial charge in [-0.3, -0.25) is 9.48 Å². The van der Waals surface area contributed by atoms with Crippen molar-refractivity contribution in [1.82, 2.24) is 14.8 Å². The number of rotatable bonds is 3. The molecule has 0 bridgehead atoms. The lowest BCUT2D eigenvalue weighted by Gasteiger charge is -2.05. The molecular formula is C19H15ClN4O. The predicted octanol–water partition coefficient (Wildman–Crippen LogP) is 4.47. The molecule has 0 unspecified atom stereocenters. The normalized spacial score (nSPS) is 11.0.